The number of amides is 1. The van der Waals surface area contributed by atoms with Gasteiger partial charge < -0.3 is 10.5 Å². The third-order valence-corrected chi connectivity index (χ3v) is 4.12. The highest BCUT2D eigenvalue weighted by Crippen LogP contribution is 2.30. The number of carbonyl (C=O) groups excluding carboxylic acids is 1. The lowest BCUT2D eigenvalue weighted by Crippen LogP contribution is -2.45. The Balaban J connectivity index is 2.21. The van der Waals surface area contributed by atoms with Crippen LogP contribution in [0.2, 0.25) is 0 Å². The molecule has 2 N–H and O–H groups in total. The van der Waals surface area contributed by atoms with Crippen molar-refractivity contribution in [2.45, 2.75) is 25.4 Å². The Kier molecular flexibility index (Phi) is 3.92. The van der Waals surface area contributed by atoms with Crippen molar-refractivity contribution < 1.29 is 9.53 Å². The Bertz CT molecular complexity index is 452. The standard InChI is InChI=1S/C13H17BrN2O2/c1-13(6-7-15)9-18-12(17)16(13)8-10-4-2-3-5-11(10)14/h2-5H,6-9,15H2,1H3. The molecule has 5 heteroatoms. The second-order valence-corrected chi connectivity index (χ2v) is 5.62. The molecule has 1 unspecified atom stereocenters. The summed E-state index contributed by atoms with van der Waals surface area (Å²) in [6.07, 6.45) is 0.477. The smallest absolute Gasteiger partial charge is 0.410 e. The van der Waals surface area contributed by atoms with Crippen molar-refractivity contribution in [3.8, 4) is 0 Å². The van der Waals surface area contributed by atoms with Crippen LogP contribution in [0.1, 0.15) is 18.9 Å². The fourth-order valence-corrected chi connectivity index (χ4v) is 2.57. The molecule has 1 aromatic rings. The maximum atomic E-state index is 11.8. The zero-order valence-electron chi connectivity index (χ0n) is 10.4. The number of benzene rings is 1. The van der Waals surface area contributed by atoms with Gasteiger partial charge in [0.1, 0.15) is 6.61 Å². The van der Waals surface area contributed by atoms with Crippen molar-refractivity contribution in [2.24, 2.45) is 5.73 Å². The molecule has 4 nitrogen and oxygen atoms in total. The van der Waals surface area contributed by atoms with E-state index in [-0.39, 0.29) is 11.6 Å². The van der Waals surface area contributed by atoms with E-state index < -0.39 is 0 Å². The third kappa shape index (κ3) is 2.52. The van der Waals surface area contributed by atoms with Crippen LogP contribution in [0.15, 0.2) is 28.7 Å². The molecule has 0 bridgehead atoms. The Morgan fingerprint density at radius 1 is 1.50 bits per heavy atom. The lowest BCUT2D eigenvalue weighted by Gasteiger charge is -2.31. The summed E-state index contributed by atoms with van der Waals surface area (Å²) in [6, 6.07) is 7.88. The molecule has 0 aliphatic carbocycles. The van der Waals surface area contributed by atoms with Crippen molar-refractivity contribution >= 4 is 22.0 Å². The molecule has 0 aromatic heterocycles. The number of rotatable bonds is 4. The van der Waals surface area contributed by atoms with Crippen molar-refractivity contribution in [3.05, 3.63) is 34.3 Å². The summed E-state index contributed by atoms with van der Waals surface area (Å²) >= 11 is 3.50. The van der Waals surface area contributed by atoms with Crippen LogP contribution < -0.4 is 5.73 Å². The number of hydrogen-bond donors (Lipinski definition) is 1. The highest BCUT2D eigenvalue weighted by Gasteiger charge is 2.42. The average Bonchev–Trinajstić information content (AvgIpc) is 2.61. The molecule has 1 fully saturated rings. The molecule has 0 spiro atoms. The monoisotopic (exact) mass is 312 g/mol. The number of halogens is 1. The predicted molar refractivity (Wildman–Crippen MR) is 73.1 cm³/mol. The van der Waals surface area contributed by atoms with E-state index in [9.17, 15) is 4.79 Å². The molecule has 1 heterocycles. The van der Waals surface area contributed by atoms with E-state index in [4.69, 9.17) is 10.5 Å². The Morgan fingerprint density at radius 3 is 2.89 bits per heavy atom. The van der Waals surface area contributed by atoms with Gasteiger partial charge in [-0.3, -0.25) is 4.90 Å². The van der Waals surface area contributed by atoms with E-state index in [2.05, 4.69) is 15.9 Å². The summed E-state index contributed by atoms with van der Waals surface area (Å²) in [7, 11) is 0. The number of nitrogens with two attached hydrogens (primary N) is 1. The first-order valence-corrected chi connectivity index (χ1v) is 6.74. The van der Waals surface area contributed by atoms with Gasteiger partial charge in [0, 0.05) is 4.47 Å². The van der Waals surface area contributed by atoms with Crippen molar-refractivity contribution in [2.75, 3.05) is 13.2 Å². The van der Waals surface area contributed by atoms with Gasteiger partial charge in [-0.1, -0.05) is 34.1 Å². The Labute approximate surface area is 115 Å². The first-order valence-electron chi connectivity index (χ1n) is 5.95. The second-order valence-electron chi connectivity index (χ2n) is 4.77. The molecule has 1 aromatic carbocycles. The highest BCUT2D eigenvalue weighted by atomic mass is 79.9. The number of carbonyl (C=O) groups is 1. The van der Waals surface area contributed by atoms with Crippen LogP contribution in [0, 0.1) is 0 Å². The first-order chi connectivity index (χ1) is 8.57. The summed E-state index contributed by atoms with van der Waals surface area (Å²) in [4.78, 5) is 13.6. The molecule has 0 saturated carbocycles. The van der Waals surface area contributed by atoms with Crippen LogP contribution in [-0.2, 0) is 11.3 Å². The minimum Gasteiger partial charge on any atom is -0.447 e. The topological polar surface area (TPSA) is 55.6 Å². The van der Waals surface area contributed by atoms with E-state index in [0.29, 0.717) is 19.7 Å². The van der Waals surface area contributed by atoms with Crippen LogP contribution in [-0.4, -0.2) is 29.7 Å². The van der Waals surface area contributed by atoms with Gasteiger partial charge in [0.15, 0.2) is 0 Å². The van der Waals surface area contributed by atoms with Gasteiger partial charge in [0.25, 0.3) is 0 Å². The molecular weight excluding hydrogens is 296 g/mol. The Hall–Kier alpha value is -1.07. The van der Waals surface area contributed by atoms with Crippen molar-refractivity contribution in [3.63, 3.8) is 0 Å². The summed E-state index contributed by atoms with van der Waals surface area (Å²) in [5, 5.41) is 0. The predicted octanol–water partition coefficient (Wildman–Crippen LogP) is 2.51. The van der Waals surface area contributed by atoms with Crippen molar-refractivity contribution in [1.29, 1.82) is 0 Å². The third-order valence-electron chi connectivity index (χ3n) is 3.35. The molecule has 1 amide bonds. The molecule has 98 valence electrons. The van der Waals surface area contributed by atoms with Crippen LogP contribution in [0.25, 0.3) is 0 Å². The summed E-state index contributed by atoms with van der Waals surface area (Å²) in [6.45, 7) is 3.51. The zero-order chi connectivity index (χ0) is 13.2. The fraction of sp³-hybridized carbons (Fsp3) is 0.462. The van der Waals surface area contributed by atoms with E-state index in [1.54, 1.807) is 4.90 Å². The largest absolute Gasteiger partial charge is 0.447 e. The van der Waals surface area contributed by atoms with E-state index in [1.807, 2.05) is 31.2 Å². The van der Waals surface area contributed by atoms with Crippen LogP contribution >= 0.6 is 15.9 Å². The number of hydrogen-bond acceptors (Lipinski definition) is 3. The molecule has 18 heavy (non-hydrogen) atoms. The molecule has 1 aliphatic rings. The quantitative estimate of drug-likeness (QED) is 0.929. The lowest BCUT2D eigenvalue weighted by molar-refractivity contribution is 0.148. The maximum Gasteiger partial charge on any atom is 0.410 e. The number of ether oxygens (including phenoxy) is 1. The highest BCUT2D eigenvalue weighted by molar-refractivity contribution is 9.10. The summed E-state index contributed by atoms with van der Waals surface area (Å²) in [5.41, 5.74) is 6.39. The average molecular weight is 313 g/mol. The summed E-state index contributed by atoms with van der Waals surface area (Å²) in [5.74, 6) is 0. The lowest BCUT2D eigenvalue weighted by atomic mass is 9.97. The van der Waals surface area contributed by atoms with Gasteiger partial charge in [0.2, 0.25) is 0 Å². The Morgan fingerprint density at radius 2 is 2.22 bits per heavy atom. The summed E-state index contributed by atoms with van der Waals surface area (Å²) < 4.78 is 6.16. The normalized spacial score (nSPS) is 23.3. The molecule has 2 rings (SSSR count). The molecule has 1 saturated heterocycles. The zero-order valence-corrected chi connectivity index (χ0v) is 11.9. The molecule has 1 aliphatic heterocycles. The minimum atomic E-state index is -0.304. The van der Waals surface area contributed by atoms with Gasteiger partial charge in [-0.25, -0.2) is 4.79 Å². The maximum absolute atomic E-state index is 11.8. The fourth-order valence-electron chi connectivity index (χ4n) is 2.16. The number of cyclic esters (lactones) is 1. The molecule has 1 atom stereocenters. The van der Waals surface area contributed by atoms with Crippen LogP contribution in [0.5, 0.6) is 0 Å². The van der Waals surface area contributed by atoms with Gasteiger partial charge in [-0.2, -0.15) is 0 Å². The first kappa shape index (κ1) is 13.4. The van der Waals surface area contributed by atoms with Gasteiger partial charge >= 0.3 is 6.09 Å². The second kappa shape index (κ2) is 5.28. The van der Waals surface area contributed by atoms with Gasteiger partial charge in [-0.15, -0.1) is 0 Å². The number of nitrogens with zero attached hydrogens (tertiary/aromatic N) is 1. The van der Waals surface area contributed by atoms with Crippen LogP contribution in [0.3, 0.4) is 0 Å². The van der Waals surface area contributed by atoms with Crippen LogP contribution in [0.4, 0.5) is 4.79 Å². The van der Waals surface area contributed by atoms with E-state index in [0.717, 1.165) is 16.5 Å². The molecular formula is C13H17BrN2O2. The SMILES string of the molecule is CC1(CCN)COC(=O)N1Cc1ccccc1Br. The minimum absolute atomic E-state index is 0.262. The molecule has 0 radical (unpaired) electrons. The van der Waals surface area contributed by atoms with Crippen molar-refractivity contribution in [1.82, 2.24) is 4.90 Å². The van der Waals surface area contributed by atoms with E-state index >= 15 is 0 Å². The van der Waals surface area contributed by atoms with E-state index in [1.165, 1.54) is 0 Å². The van der Waals surface area contributed by atoms with Gasteiger partial charge in [0.05, 0.1) is 12.1 Å². The van der Waals surface area contributed by atoms with Gasteiger partial charge in [-0.05, 0) is 31.5 Å².